The predicted octanol–water partition coefficient (Wildman–Crippen LogP) is 4.14. The molecule has 0 saturated heterocycles. The van der Waals surface area contributed by atoms with Crippen LogP contribution in [0.2, 0.25) is 0 Å². The fourth-order valence-electron chi connectivity index (χ4n) is 2.95. The Kier molecular flexibility index (Phi) is 6.43. The molecule has 2 aromatic carbocycles. The lowest BCUT2D eigenvalue weighted by molar-refractivity contribution is -0.148. The molecule has 29 heavy (non-hydrogen) atoms. The first-order valence-corrected chi connectivity index (χ1v) is 9.28. The minimum Gasteiger partial charge on any atom is -0.449 e. The number of benzene rings is 2. The smallest absolute Gasteiger partial charge is 0.331 e. The summed E-state index contributed by atoms with van der Waals surface area (Å²) in [7, 11) is 0. The molecular weight excluding hydrogens is 366 g/mol. The first-order valence-electron chi connectivity index (χ1n) is 9.28. The van der Waals surface area contributed by atoms with Crippen LogP contribution in [0.4, 0.5) is 5.69 Å². The zero-order valence-corrected chi connectivity index (χ0v) is 16.0. The van der Waals surface area contributed by atoms with Gasteiger partial charge in [0, 0.05) is 41.0 Å². The lowest BCUT2D eigenvalue weighted by Crippen LogP contribution is -2.29. The molecule has 0 aliphatic carbocycles. The molecule has 0 unspecified atom stereocenters. The summed E-state index contributed by atoms with van der Waals surface area (Å²) in [6.07, 6.45) is 4.34. The summed E-state index contributed by atoms with van der Waals surface area (Å²) in [5.74, 6) is -0.999. The molecule has 0 bridgehead atoms. The molecule has 1 atom stereocenters. The van der Waals surface area contributed by atoms with E-state index < -0.39 is 18.0 Å². The number of nitriles is 1. The van der Waals surface area contributed by atoms with Crippen molar-refractivity contribution in [3.05, 3.63) is 72.4 Å². The number of nitrogens with one attached hydrogen (secondary N) is 1. The van der Waals surface area contributed by atoms with Gasteiger partial charge in [0.2, 0.25) is 0 Å². The van der Waals surface area contributed by atoms with E-state index in [0.29, 0.717) is 18.7 Å². The van der Waals surface area contributed by atoms with Crippen LogP contribution in [0.5, 0.6) is 0 Å². The highest BCUT2D eigenvalue weighted by Gasteiger charge is 2.16. The van der Waals surface area contributed by atoms with E-state index in [4.69, 9.17) is 10.00 Å². The zero-order valence-electron chi connectivity index (χ0n) is 16.0. The fourth-order valence-corrected chi connectivity index (χ4v) is 2.95. The molecule has 0 saturated carbocycles. The minimum atomic E-state index is -0.927. The summed E-state index contributed by atoms with van der Waals surface area (Å²) in [6.45, 7) is 2.10. The van der Waals surface area contributed by atoms with Gasteiger partial charge in [0.15, 0.2) is 6.10 Å². The lowest BCUT2D eigenvalue weighted by atomic mass is 10.1. The second-order valence-corrected chi connectivity index (χ2v) is 6.47. The van der Waals surface area contributed by atoms with Gasteiger partial charge in [-0.3, -0.25) is 4.79 Å². The van der Waals surface area contributed by atoms with Gasteiger partial charge in [-0.2, -0.15) is 5.26 Å². The molecule has 0 aliphatic rings. The van der Waals surface area contributed by atoms with Crippen LogP contribution in [0.1, 0.15) is 18.9 Å². The standard InChI is InChI=1S/C23H21N3O3/c1-17(23(28)25-19-8-3-2-4-9-19)29-22(27)13-12-18-16-26(15-7-14-24)21-11-6-5-10-20(18)21/h2-6,8-13,16-17H,7,15H2,1H3,(H,25,28)/b13-12+/t17-/m0/s1. The van der Waals surface area contributed by atoms with Gasteiger partial charge < -0.3 is 14.6 Å². The molecule has 1 heterocycles. The number of fused-ring (bicyclic) bond motifs is 1. The van der Waals surface area contributed by atoms with Crippen molar-refractivity contribution in [1.82, 2.24) is 4.57 Å². The van der Waals surface area contributed by atoms with Crippen molar-refractivity contribution in [3.63, 3.8) is 0 Å². The van der Waals surface area contributed by atoms with Crippen LogP contribution >= 0.6 is 0 Å². The molecule has 3 rings (SSSR count). The summed E-state index contributed by atoms with van der Waals surface area (Å²) < 4.78 is 7.19. The second kappa shape index (κ2) is 9.38. The maximum atomic E-state index is 12.2. The average molecular weight is 387 g/mol. The monoisotopic (exact) mass is 387 g/mol. The Balaban J connectivity index is 1.66. The van der Waals surface area contributed by atoms with Crippen LogP contribution < -0.4 is 5.32 Å². The summed E-state index contributed by atoms with van der Waals surface area (Å²) in [6, 6.07) is 18.9. The molecule has 6 heteroatoms. The van der Waals surface area contributed by atoms with Crippen LogP contribution in [0.25, 0.3) is 17.0 Å². The van der Waals surface area contributed by atoms with Gasteiger partial charge in [-0.25, -0.2) is 4.79 Å². The quantitative estimate of drug-likeness (QED) is 0.488. The number of amides is 1. The molecule has 1 amide bonds. The SMILES string of the molecule is C[C@H](OC(=O)/C=C/c1cn(CCC#N)c2ccccc12)C(=O)Nc1ccccc1. The molecule has 0 spiro atoms. The Morgan fingerprint density at radius 3 is 2.66 bits per heavy atom. The number of hydrogen-bond acceptors (Lipinski definition) is 4. The Morgan fingerprint density at radius 2 is 1.90 bits per heavy atom. The maximum absolute atomic E-state index is 12.2. The second-order valence-electron chi connectivity index (χ2n) is 6.47. The third kappa shape index (κ3) is 5.11. The van der Waals surface area contributed by atoms with Crippen molar-refractivity contribution in [2.45, 2.75) is 26.0 Å². The Bertz CT molecular complexity index is 1080. The molecular formula is C23H21N3O3. The number of aryl methyl sites for hydroxylation is 1. The summed E-state index contributed by atoms with van der Waals surface area (Å²) >= 11 is 0. The van der Waals surface area contributed by atoms with Gasteiger partial charge in [0.25, 0.3) is 5.91 Å². The van der Waals surface area contributed by atoms with Gasteiger partial charge >= 0.3 is 5.97 Å². The van der Waals surface area contributed by atoms with Crippen LogP contribution in [0.3, 0.4) is 0 Å². The van der Waals surface area contributed by atoms with Crippen LogP contribution in [0, 0.1) is 11.3 Å². The number of esters is 1. The molecule has 1 N–H and O–H groups in total. The molecule has 1 aromatic heterocycles. The van der Waals surface area contributed by atoms with E-state index >= 15 is 0 Å². The topological polar surface area (TPSA) is 84.1 Å². The van der Waals surface area contributed by atoms with Gasteiger partial charge in [0.1, 0.15) is 0 Å². The Hall–Kier alpha value is -3.85. The van der Waals surface area contributed by atoms with E-state index in [-0.39, 0.29) is 0 Å². The fraction of sp³-hybridized carbons (Fsp3) is 0.174. The number of carbonyl (C=O) groups is 2. The van der Waals surface area contributed by atoms with Gasteiger partial charge in [-0.1, -0.05) is 36.4 Å². The molecule has 0 aliphatic heterocycles. The number of anilines is 1. The highest BCUT2D eigenvalue weighted by molar-refractivity contribution is 5.98. The van der Waals surface area contributed by atoms with Crippen LogP contribution in [0.15, 0.2) is 66.9 Å². The van der Waals surface area contributed by atoms with Crippen molar-refractivity contribution in [2.75, 3.05) is 5.32 Å². The maximum Gasteiger partial charge on any atom is 0.331 e. The molecule has 0 radical (unpaired) electrons. The molecule has 6 nitrogen and oxygen atoms in total. The van der Waals surface area contributed by atoms with E-state index in [0.717, 1.165) is 16.5 Å². The van der Waals surface area contributed by atoms with Crippen molar-refractivity contribution >= 4 is 34.5 Å². The number of rotatable bonds is 7. The van der Waals surface area contributed by atoms with Gasteiger partial charge in [0.05, 0.1) is 12.5 Å². The first kappa shape index (κ1) is 19.9. The minimum absolute atomic E-state index is 0.397. The van der Waals surface area contributed by atoms with Gasteiger partial charge in [-0.15, -0.1) is 0 Å². The van der Waals surface area contributed by atoms with E-state index in [1.54, 1.807) is 18.2 Å². The summed E-state index contributed by atoms with van der Waals surface area (Å²) in [5, 5.41) is 12.5. The largest absolute Gasteiger partial charge is 0.449 e. The number of aromatic nitrogens is 1. The molecule has 146 valence electrons. The van der Waals surface area contributed by atoms with E-state index in [1.165, 1.54) is 13.0 Å². The van der Waals surface area contributed by atoms with Crippen molar-refractivity contribution in [3.8, 4) is 6.07 Å². The highest BCUT2D eigenvalue weighted by Crippen LogP contribution is 2.23. The average Bonchev–Trinajstić information content (AvgIpc) is 3.09. The van der Waals surface area contributed by atoms with Crippen molar-refractivity contribution in [2.24, 2.45) is 0 Å². The van der Waals surface area contributed by atoms with E-state index in [2.05, 4.69) is 11.4 Å². The molecule has 0 fully saturated rings. The van der Waals surface area contributed by atoms with E-state index in [1.807, 2.05) is 53.2 Å². The summed E-state index contributed by atoms with van der Waals surface area (Å²) in [5.41, 5.74) is 2.48. The Labute approximate surface area is 169 Å². The number of nitrogens with zero attached hydrogens (tertiary/aromatic N) is 2. The number of carbonyl (C=O) groups excluding carboxylic acids is 2. The lowest BCUT2D eigenvalue weighted by Gasteiger charge is -2.12. The third-order valence-electron chi connectivity index (χ3n) is 4.39. The number of para-hydroxylation sites is 2. The highest BCUT2D eigenvalue weighted by atomic mass is 16.5. The predicted molar refractivity (Wildman–Crippen MR) is 112 cm³/mol. The number of hydrogen-bond donors (Lipinski definition) is 1. The van der Waals surface area contributed by atoms with Crippen LogP contribution in [-0.4, -0.2) is 22.5 Å². The summed E-state index contributed by atoms with van der Waals surface area (Å²) in [4.78, 5) is 24.3. The first-order chi connectivity index (χ1) is 14.1. The van der Waals surface area contributed by atoms with Gasteiger partial charge in [-0.05, 0) is 31.2 Å². The van der Waals surface area contributed by atoms with Crippen LogP contribution in [-0.2, 0) is 20.9 Å². The zero-order chi connectivity index (χ0) is 20.6. The van der Waals surface area contributed by atoms with Crippen molar-refractivity contribution < 1.29 is 14.3 Å². The van der Waals surface area contributed by atoms with E-state index in [9.17, 15) is 9.59 Å². The molecule has 3 aromatic rings. The number of ether oxygens (including phenoxy) is 1. The third-order valence-corrected chi connectivity index (χ3v) is 4.39. The normalized spacial score (nSPS) is 11.9. The Morgan fingerprint density at radius 1 is 1.17 bits per heavy atom. The van der Waals surface area contributed by atoms with Crippen molar-refractivity contribution in [1.29, 1.82) is 5.26 Å².